The topological polar surface area (TPSA) is 26.0 Å². The van der Waals surface area contributed by atoms with Gasteiger partial charge in [0.25, 0.3) is 0 Å². The van der Waals surface area contributed by atoms with Gasteiger partial charge in [-0.3, -0.25) is 0 Å². The molecule has 0 fully saturated rings. The highest BCUT2D eigenvalue weighted by molar-refractivity contribution is 6.30. The fourth-order valence-corrected chi connectivity index (χ4v) is 0.913. The molecule has 11 heavy (non-hydrogen) atoms. The average molecular weight is 174 g/mol. The van der Waals surface area contributed by atoms with Gasteiger partial charge in [-0.05, 0) is 24.6 Å². The minimum Gasteiger partial charge on any atom is -0.324 e. The lowest BCUT2D eigenvalue weighted by atomic mass is 10.1. The second-order valence-electron chi connectivity index (χ2n) is 2.46. The van der Waals surface area contributed by atoms with E-state index in [4.69, 9.17) is 17.3 Å². The summed E-state index contributed by atoms with van der Waals surface area (Å²) in [5.41, 5.74) is 6.28. The van der Waals surface area contributed by atoms with Crippen LogP contribution in [0.5, 0.6) is 0 Å². The molecule has 0 radical (unpaired) electrons. The average Bonchev–Trinajstić information content (AvgIpc) is 1.94. The molecule has 60 valence electrons. The summed E-state index contributed by atoms with van der Waals surface area (Å²) < 4.78 is 12.8. The zero-order valence-electron chi connectivity index (χ0n) is 6.14. The lowest BCUT2D eigenvalue weighted by Gasteiger charge is -2.04. The summed E-state index contributed by atoms with van der Waals surface area (Å²) in [6.07, 6.45) is 0. The van der Waals surface area contributed by atoms with Gasteiger partial charge in [0.15, 0.2) is 0 Å². The first-order chi connectivity index (χ1) is 5.11. The zero-order chi connectivity index (χ0) is 8.43. The van der Waals surface area contributed by atoms with Crippen LogP contribution in [0.4, 0.5) is 4.39 Å². The fraction of sp³-hybridized carbons (Fsp3) is 0.250. The van der Waals surface area contributed by atoms with Crippen molar-refractivity contribution in [1.29, 1.82) is 0 Å². The predicted molar refractivity (Wildman–Crippen MR) is 44.0 cm³/mol. The van der Waals surface area contributed by atoms with Gasteiger partial charge < -0.3 is 5.73 Å². The Morgan fingerprint density at radius 3 is 2.64 bits per heavy atom. The Labute approximate surface area is 70.0 Å². The molecule has 2 N–H and O–H groups in total. The highest BCUT2D eigenvalue weighted by Gasteiger charge is 2.03. The van der Waals surface area contributed by atoms with Crippen molar-refractivity contribution in [2.45, 2.75) is 13.0 Å². The normalized spacial score (nSPS) is 13.1. The van der Waals surface area contributed by atoms with E-state index in [0.717, 1.165) is 5.56 Å². The second kappa shape index (κ2) is 3.20. The molecule has 0 amide bonds. The number of hydrogen-bond donors (Lipinski definition) is 1. The van der Waals surface area contributed by atoms with Gasteiger partial charge in [0, 0.05) is 6.04 Å². The Kier molecular flexibility index (Phi) is 2.47. The van der Waals surface area contributed by atoms with E-state index in [1.807, 2.05) is 0 Å². The molecule has 1 aromatic carbocycles. The van der Waals surface area contributed by atoms with Crippen molar-refractivity contribution in [3.63, 3.8) is 0 Å². The third-order valence-corrected chi connectivity index (χ3v) is 1.78. The molecule has 1 aromatic rings. The lowest BCUT2D eigenvalue weighted by molar-refractivity contribution is 0.623. The maximum Gasteiger partial charge on any atom is 0.142 e. The molecule has 0 aliphatic rings. The van der Waals surface area contributed by atoms with Crippen molar-refractivity contribution < 1.29 is 4.39 Å². The molecule has 0 spiro atoms. The third-order valence-electron chi connectivity index (χ3n) is 1.47. The van der Waals surface area contributed by atoms with Crippen molar-refractivity contribution in [2.75, 3.05) is 0 Å². The largest absolute Gasteiger partial charge is 0.324 e. The van der Waals surface area contributed by atoms with Gasteiger partial charge in [-0.1, -0.05) is 17.7 Å². The minimum absolute atomic E-state index is 0.134. The molecule has 0 saturated heterocycles. The van der Waals surface area contributed by atoms with Gasteiger partial charge in [-0.2, -0.15) is 0 Å². The predicted octanol–water partition coefficient (Wildman–Crippen LogP) is 2.50. The Bertz CT molecular complexity index is 260. The Hall–Kier alpha value is -0.600. The minimum atomic E-state index is -0.415. The van der Waals surface area contributed by atoms with E-state index in [2.05, 4.69) is 0 Å². The van der Waals surface area contributed by atoms with Crippen LogP contribution in [-0.2, 0) is 0 Å². The van der Waals surface area contributed by atoms with Gasteiger partial charge in [0.2, 0.25) is 0 Å². The van der Waals surface area contributed by atoms with Crippen molar-refractivity contribution in [3.8, 4) is 0 Å². The molecule has 0 aliphatic carbocycles. The van der Waals surface area contributed by atoms with E-state index in [9.17, 15) is 4.39 Å². The highest BCUT2D eigenvalue weighted by Crippen LogP contribution is 2.18. The quantitative estimate of drug-likeness (QED) is 0.694. The number of rotatable bonds is 1. The summed E-state index contributed by atoms with van der Waals surface area (Å²) in [4.78, 5) is 0. The van der Waals surface area contributed by atoms with E-state index in [1.165, 1.54) is 12.1 Å². The molecule has 0 bridgehead atoms. The first-order valence-corrected chi connectivity index (χ1v) is 3.69. The third kappa shape index (κ3) is 1.91. The number of halogens is 2. The summed E-state index contributed by atoms with van der Waals surface area (Å²) in [6, 6.07) is 4.43. The summed E-state index contributed by atoms with van der Waals surface area (Å²) >= 11 is 5.47. The zero-order valence-corrected chi connectivity index (χ0v) is 6.90. The van der Waals surface area contributed by atoms with Gasteiger partial charge in [-0.15, -0.1) is 0 Å². The smallest absolute Gasteiger partial charge is 0.142 e. The van der Waals surface area contributed by atoms with Gasteiger partial charge in [-0.25, -0.2) is 4.39 Å². The fourth-order valence-electron chi connectivity index (χ4n) is 0.796. The molecular formula is C8H9ClFN. The molecule has 0 aliphatic heterocycles. The summed E-state index contributed by atoms with van der Waals surface area (Å²) in [6.45, 7) is 1.79. The molecule has 0 saturated carbocycles. The maximum atomic E-state index is 12.8. The Balaban J connectivity index is 3.05. The van der Waals surface area contributed by atoms with E-state index >= 15 is 0 Å². The molecule has 0 unspecified atom stereocenters. The van der Waals surface area contributed by atoms with Crippen LogP contribution in [0.25, 0.3) is 0 Å². The summed E-state index contributed by atoms with van der Waals surface area (Å²) in [7, 11) is 0. The molecular weight excluding hydrogens is 165 g/mol. The number of hydrogen-bond acceptors (Lipinski definition) is 1. The van der Waals surface area contributed by atoms with Gasteiger partial charge in [0.1, 0.15) is 5.82 Å². The molecule has 0 heterocycles. The van der Waals surface area contributed by atoms with Crippen LogP contribution in [0.15, 0.2) is 18.2 Å². The first kappa shape index (κ1) is 8.50. The van der Waals surface area contributed by atoms with Crippen LogP contribution >= 0.6 is 11.6 Å². The van der Waals surface area contributed by atoms with E-state index in [1.54, 1.807) is 13.0 Å². The SMILES string of the molecule is C[C@H](N)c1ccc(Cl)c(F)c1. The van der Waals surface area contributed by atoms with Crippen LogP contribution in [0, 0.1) is 5.82 Å². The van der Waals surface area contributed by atoms with E-state index in [-0.39, 0.29) is 11.1 Å². The molecule has 1 rings (SSSR count). The van der Waals surface area contributed by atoms with E-state index in [0.29, 0.717) is 0 Å². The van der Waals surface area contributed by atoms with Crippen molar-refractivity contribution >= 4 is 11.6 Å². The van der Waals surface area contributed by atoms with Gasteiger partial charge in [0.05, 0.1) is 5.02 Å². The maximum absolute atomic E-state index is 12.8. The molecule has 1 atom stereocenters. The van der Waals surface area contributed by atoms with Crippen molar-refractivity contribution in [1.82, 2.24) is 0 Å². The first-order valence-electron chi connectivity index (χ1n) is 3.32. The van der Waals surface area contributed by atoms with Crippen molar-refractivity contribution in [2.24, 2.45) is 5.73 Å². The lowest BCUT2D eigenvalue weighted by Crippen LogP contribution is -2.04. The highest BCUT2D eigenvalue weighted by atomic mass is 35.5. The van der Waals surface area contributed by atoms with Crippen LogP contribution in [0.2, 0.25) is 5.02 Å². The van der Waals surface area contributed by atoms with Crippen LogP contribution in [0.3, 0.4) is 0 Å². The standard InChI is InChI=1S/C8H9ClFN/c1-5(11)6-2-3-7(9)8(10)4-6/h2-5H,11H2,1H3/t5-/m0/s1. The molecule has 0 aromatic heterocycles. The number of nitrogens with two attached hydrogens (primary N) is 1. The Morgan fingerprint density at radius 2 is 2.18 bits per heavy atom. The summed E-state index contributed by atoms with van der Waals surface area (Å²) in [5.74, 6) is -0.415. The van der Waals surface area contributed by atoms with Crippen LogP contribution < -0.4 is 5.73 Å². The van der Waals surface area contributed by atoms with E-state index < -0.39 is 5.82 Å². The van der Waals surface area contributed by atoms with Crippen LogP contribution in [0.1, 0.15) is 18.5 Å². The summed E-state index contributed by atoms with van der Waals surface area (Å²) in [5, 5.41) is 0.134. The number of benzene rings is 1. The van der Waals surface area contributed by atoms with Gasteiger partial charge >= 0.3 is 0 Å². The second-order valence-corrected chi connectivity index (χ2v) is 2.87. The molecule has 1 nitrogen and oxygen atoms in total. The van der Waals surface area contributed by atoms with Crippen molar-refractivity contribution in [3.05, 3.63) is 34.6 Å². The van der Waals surface area contributed by atoms with Crippen LogP contribution in [-0.4, -0.2) is 0 Å². The molecule has 3 heteroatoms. The monoisotopic (exact) mass is 173 g/mol. The Morgan fingerprint density at radius 1 is 1.55 bits per heavy atom.